The zero-order valence-electron chi connectivity index (χ0n) is 11.2. The van der Waals surface area contributed by atoms with E-state index >= 15 is 0 Å². The summed E-state index contributed by atoms with van der Waals surface area (Å²) in [7, 11) is 0. The average molecular weight is 296 g/mol. The van der Waals surface area contributed by atoms with Gasteiger partial charge in [0.05, 0.1) is 17.1 Å². The Labute approximate surface area is 124 Å². The highest BCUT2D eigenvalue weighted by Crippen LogP contribution is 2.26. The molecule has 6 nitrogen and oxygen atoms in total. The molecule has 0 aliphatic heterocycles. The molecule has 0 saturated carbocycles. The Hall–Kier alpha value is -2.54. The molecule has 104 valence electrons. The highest BCUT2D eigenvalue weighted by molar-refractivity contribution is 7.98. The van der Waals surface area contributed by atoms with Gasteiger partial charge in [0.25, 0.3) is 0 Å². The van der Waals surface area contributed by atoms with Gasteiger partial charge >= 0.3 is 0 Å². The number of rotatable bonds is 3. The van der Waals surface area contributed by atoms with Gasteiger partial charge in [-0.15, -0.1) is 11.8 Å². The van der Waals surface area contributed by atoms with Crippen LogP contribution in [0.25, 0.3) is 21.9 Å². The summed E-state index contributed by atoms with van der Waals surface area (Å²) in [5.41, 5.74) is 2.73. The lowest BCUT2D eigenvalue weighted by molar-refractivity contribution is 1.10. The third-order valence-electron chi connectivity index (χ3n) is 3.27. The van der Waals surface area contributed by atoms with Gasteiger partial charge in [-0.05, 0) is 30.5 Å². The summed E-state index contributed by atoms with van der Waals surface area (Å²) in [6.07, 6.45) is 5.68. The fourth-order valence-electron chi connectivity index (χ4n) is 2.27. The van der Waals surface area contributed by atoms with E-state index in [1.165, 1.54) is 0 Å². The number of hydrogen-bond acceptors (Lipinski definition) is 5. The lowest BCUT2D eigenvalue weighted by Crippen LogP contribution is -1.98. The molecule has 1 aromatic carbocycles. The lowest BCUT2D eigenvalue weighted by Gasteiger charge is -2.07. The van der Waals surface area contributed by atoms with Crippen LogP contribution >= 0.6 is 11.8 Å². The number of nitrogens with one attached hydrogen (secondary N) is 3. The Morgan fingerprint density at radius 3 is 3.05 bits per heavy atom. The molecule has 3 aromatic heterocycles. The second-order valence-electron chi connectivity index (χ2n) is 4.59. The van der Waals surface area contributed by atoms with Gasteiger partial charge in [0.1, 0.15) is 10.7 Å². The van der Waals surface area contributed by atoms with E-state index in [2.05, 4.69) is 30.5 Å². The molecule has 0 atom stereocenters. The predicted octanol–water partition coefficient (Wildman–Crippen LogP) is 3.30. The number of aromatic amines is 2. The van der Waals surface area contributed by atoms with E-state index < -0.39 is 0 Å². The minimum absolute atomic E-state index is 0.577. The molecule has 7 heteroatoms. The number of fused-ring (bicyclic) bond motifs is 2. The van der Waals surface area contributed by atoms with Crippen LogP contribution in [0, 0.1) is 0 Å². The summed E-state index contributed by atoms with van der Waals surface area (Å²) in [4.78, 5) is 12.2. The maximum absolute atomic E-state index is 4.55. The van der Waals surface area contributed by atoms with Crippen LogP contribution in [0.5, 0.6) is 0 Å². The van der Waals surface area contributed by atoms with Crippen LogP contribution in [-0.2, 0) is 0 Å². The zero-order valence-corrected chi connectivity index (χ0v) is 12.0. The van der Waals surface area contributed by atoms with Crippen molar-refractivity contribution in [2.24, 2.45) is 0 Å². The first kappa shape index (κ1) is 12.2. The highest BCUT2D eigenvalue weighted by Gasteiger charge is 2.08. The van der Waals surface area contributed by atoms with Crippen LogP contribution in [0.4, 0.5) is 11.6 Å². The molecular formula is C14H12N6S. The first-order valence-electron chi connectivity index (χ1n) is 6.43. The number of thioether (sulfide) groups is 1. The molecule has 0 unspecified atom stereocenters. The Kier molecular flexibility index (Phi) is 2.78. The van der Waals surface area contributed by atoms with Crippen LogP contribution in [0.1, 0.15) is 0 Å². The quantitative estimate of drug-likeness (QED) is 0.399. The lowest BCUT2D eigenvalue weighted by atomic mass is 10.2. The molecule has 3 N–H and O–H groups in total. The highest BCUT2D eigenvalue weighted by atomic mass is 32.2. The maximum atomic E-state index is 4.55. The molecule has 0 spiro atoms. The van der Waals surface area contributed by atoms with Crippen molar-refractivity contribution in [1.82, 2.24) is 25.1 Å². The first-order chi connectivity index (χ1) is 10.3. The van der Waals surface area contributed by atoms with Gasteiger partial charge in [0.2, 0.25) is 5.95 Å². The zero-order chi connectivity index (χ0) is 14.2. The van der Waals surface area contributed by atoms with Crippen LogP contribution in [0.15, 0.2) is 41.7 Å². The Balaban J connectivity index is 1.75. The van der Waals surface area contributed by atoms with Gasteiger partial charge in [-0.2, -0.15) is 10.1 Å². The SMILES string of the molecule is CSc1nc(Nc2ccc3cn[nH]c3c2)nc2[nH]ccc12. The number of anilines is 2. The van der Waals surface area contributed by atoms with Gasteiger partial charge in [0.15, 0.2) is 0 Å². The molecule has 0 saturated heterocycles. The smallest absolute Gasteiger partial charge is 0.230 e. The van der Waals surface area contributed by atoms with Crippen molar-refractivity contribution in [3.05, 3.63) is 36.7 Å². The molecule has 21 heavy (non-hydrogen) atoms. The second-order valence-corrected chi connectivity index (χ2v) is 5.39. The van der Waals surface area contributed by atoms with Crippen LogP contribution in [-0.4, -0.2) is 31.4 Å². The largest absolute Gasteiger partial charge is 0.346 e. The summed E-state index contributed by atoms with van der Waals surface area (Å²) in [6, 6.07) is 7.97. The topological polar surface area (TPSA) is 82.3 Å². The molecule has 0 radical (unpaired) electrons. The summed E-state index contributed by atoms with van der Waals surface area (Å²) in [6.45, 7) is 0. The third kappa shape index (κ3) is 2.11. The standard InChI is InChI=1S/C14H12N6S/c1-21-13-10-4-5-15-12(10)18-14(19-13)17-9-3-2-8-7-16-20-11(8)6-9/h2-7H,1H3,(H,16,20)(H2,15,17,18,19). The average Bonchev–Trinajstić information content (AvgIpc) is 3.14. The van der Waals surface area contributed by atoms with E-state index in [0.29, 0.717) is 5.95 Å². The van der Waals surface area contributed by atoms with E-state index in [1.807, 2.05) is 36.7 Å². The molecule has 0 amide bonds. The summed E-state index contributed by atoms with van der Waals surface area (Å²) < 4.78 is 0. The normalized spacial score (nSPS) is 11.3. The van der Waals surface area contributed by atoms with E-state index in [1.54, 1.807) is 18.0 Å². The maximum Gasteiger partial charge on any atom is 0.230 e. The van der Waals surface area contributed by atoms with Crippen LogP contribution < -0.4 is 5.32 Å². The Bertz CT molecular complexity index is 925. The van der Waals surface area contributed by atoms with Crippen LogP contribution in [0.3, 0.4) is 0 Å². The van der Waals surface area contributed by atoms with Gasteiger partial charge in [-0.3, -0.25) is 5.10 Å². The van der Waals surface area contributed by atoms with Crippen molar-refractivity contribution in [2.75, 3.05) is 11.6 Å². The van der Waals surface area contributed by atoms with Crippen molar-refractivity contribution in [2.45, 2.75) is 5.03 Å². The summed E-state index contributed by atoms with van der Waals surface area (Å²) >= 11 is 1.60. The number of H-pyrrole nitrogens is 2. The van der Waals surface area contributed by atoms with Crippen molar-refractivity contribution in [3.8, 4) is 0 Å². The Morgan fingerprint density at radius 1 is 1.19 bits per heavy atom. The van der Waals surface area contributed by atoms with Gasteiger partial charge in [0, 0.05) is 17.3 Å². The summed E-state index contributed by atoms with van der Waals surface area (Å²) in [5.74, 6) is 0.577. The van der Waals surface area contributed by atoms with Crippen molar-refractivity contribution < 1.29 is 0 Å². The Morgan fingerprint density at radius 2 is 2.14 bits per heavy atom. The van der Waals surface area contributed by atoms with Crippen LogP contribution in [0.2, 0.25) is 0 Å². The van der Waals surface area contributed by atoms with E-state index in [-0.39, 0.29) is 0 Å². The van der Waals surface area contributed by atoms with E-state index in [9.17, 15) is 0 Å². The predicted molar refractivity (Wildman–Crippen MR) is 85.0 cm³/mol. The number of hydrogen-bond donors (Lipinski definition) is 3. The molecule has 4 aromatic rings. The fourth-order valence-corrected chi connectivity index (χ4v) is 2.83. The number of aromatic nitrogens is 5. The van der Waals surface area contributed by atoms with Crippen molar-refractivity contribution in [3.63, 3.8) is 0 Å². The van der Waals surface area contributed by atoms with Gasteiger partial charge in [-0.1, -0.05) is 0 Å². The molecule has 4 rings (SSSR count). The monoisotopic (exact) mass is 296 g/mol. The van der Waals surface area contributed by atoms with Gasteiger partial charge < -0.3 is 10.3 Å². The summed E-state index contributed by atoms with van der Waals surface area (Å²) in [5, 5.41) is 13.3. The molecule has 0 aliphatic rings. The molecular weight excluding hydrogens is 284 g/mol. The molecule has 0 aliphatic carbocycles. The molecule has 0 fully saturated rings. The fraction of sp³-hybridized carbons (Fsp3) is 0.0714. The number of benzene rings is 1. The van der Waals surface area contributed by atoms with E-state index in [0.717, 1.165) is 32.6 Å². The minimum Gasteiger partial charge on any atom is -0.346 e. The number of nitrogens with zero attached hydrogens (tertiary/aromatic N) is 3. The molecule has 3 heterocycles. The first-order valence-corrected chi connectivity index (χ1v) is 7.65. The molecule has 0 bridgehead atoms. The van der Waals surface area contributed by atoms with E-state index in [4.69, 9.17) is 0 Å². The third-order valence-corrected chi connectivity index (χ3v) is 3.97. The second kappa shape index (κ2) is 4.78. The van der Waals surface area contributed by atoms with Crippen molar-refractivity contribution in [1.29, 1.82) is 0 Å². The van der Waals surface area contributed by atoms with Crippen molar-refractivity contribution >= 4 is 45.3 Å². The van der Waals surface area contributed by atoms with Gasteiger partial charge in [-0.25, -0.2) is 4.98 Å². The minimum atomic E-state index is 0.577.